The molecule has 0 aliphatic carbocycles. The second-order valence-electron chi connectivity index (χ2n) is 1.95. The molecule has 0 bridgehead atoms. The van der Waals surface area contributed by atoms with E-state index in [9.17, 15) is 4.79 Å². The van der Waals surface area contributed by atoms with E-state index in [4.69, 9.17) is 0 Å². The molecular formula is C9H13NO. The third-order valence-electron chi connectivity index (χ3n) is 1.26. The Hall–Kier alpha value is -1.31. The molecule has 1 N–H and O–H groups in total. The molecule has 0 heterocycles. The molecule has 2 nitrogen and oxygen atoms in total. The van der Waals surface area contributed by atoms with E-state index in [1.807, 2.05) is 18.2 Å². The Kier molecular flexibility index (Phi) is 3.96. The molecule has 60 valence electrons. The zero-order valence-electron chi connectivity index (χ0n) is 5.79. The van der Waals surface area contributed by atoms with Crippen molar-refractivity contribution in [3.63, 3.8) is 0 Å². The minimum absolute atomic E-state index is 0. The van der Waals surface area contributed by atoms with Crippen LogP contribution in [0.15, 0.2) is 30.3 Å². The molecule has 2 heteroatoms. The quantitative estimate of drug-likeness (QED) is 0.650. The summed E-state index contributed by atoms with van der Waals surface area (Å²) in [5.41, 5.74) is 0.699. The SMILES string of the molecule is C.CNC(=O)c1ccccc1. The van der Waals surface area contributed by atoms with Crippen molar-refractivity contribution in [2.24, 2.45) is 0 Å². The number of hydrogen-bond donors (Lipinski definition) is 1. The molecule has 1 rings (SSSR count). The number of hydrogen-bond acceptors (Lipinski definition) is 1. The van der Waals surface area contributed by atoms with E-state index in [-0.39, 0.29) is 13.3 Å². The molecule has 0 atom stereocenters. The van der Waals surface area contributed by atoms with Crippen LogP contribution in [0.1, 0.15) is 17.8 Å². The molecule has 0 spiro atoms. The second kappa shape index (κ2) is 4.50. The van der Waals surface area contributed by atoms with E-state index in [1.165, 1.54) is 0 Å². The maximum Gasteiger partial charge on any atom is 0.251 e. The minimum atomic E-state index is -0.0411. The van der Waals surface area contributed by atoms with Crippen LogP contribution >= 0.6 is 0 Å². The number of nitrogens with one attached hydrogen (secondary N) is 1. The van der Waals surface area contributed by atoms with Gasteiger partial charge in [0.25, 0.3) is 5.91 Å². The van der Waals surface area contributed by atoms with Crippen LogP contribution in [0.25, 0.3) is 0 Å². The summed E-state index contributed by atoms with van der Waals surface area (Å²) in [5, 5.41) is 2.54. The van der Waals surface area contributed by atoms with Gasteiger partial charge in [-0.05, 0) is 12.1 Å². The van der Waals surface area contributed by atoms with Crippen molar-refractivity contribution in [3.8, 4) is 0 Å². The molecule has 1 amide bonds. The lowest BCUT2D eigenvalue weighted by atomic mass is 10.2. The van der Waals surface area contributed by atoms with Crippen molar-refractivity contribution in [1.82, 2.24) is 5.32 Å². The van der Waals surface area contributed by atoms with Crippen LogP contribution in [0, 0.1) is 0 Å². The Labute approximate surface area is 67.2 Å². The van der Waals surface area contributed by atoms with Crippen molar-refractivity contribution in [1.29, 1.82) is 0 Å². The van der Waals surface area contributed by atoms with Crippen molar-refractivity contribution < 1.29 is 4.79 Å². The van der Waals surface area contributed by atoms with Crippen molar-refractivity contribution >= 4 is 5.91 Å². The second-order valence-corrected chi connectivity index (χ2v) is 1.95. The Bertz CT molecular complexity index is 218. The van der Waals surface area contributed by atoms with Gasteiger partial charge in [-0.15, -0.1) is 0 Å². The fourth-order valence-corrected chi connectivity index (χ4v) is 0.734. The van der Waals surface area contributed by atoms with Gasteiger partial charge in [-0.2, -0.15) is 0 Å². The molecule has 0 saturated heterocycles. The normalized spacial score (nSPS) is 8.09. The number of carbonyl (C=O) groups excluding carboxylic acids is 1. The maximum absolute atomic E-state index is 10.9. The van der Waals surface area contributed by atoms with Gasteiger partial charge in [-0.25, -0.2) is 0 Å². The molecule has 0 aliphatic rings. The lowest BCUT2D eigenvalue weighted by Gasteiger charge is -1.96. The first kappa shape index (κ1) is 9.69. The summed E-state index contributed by atoms with van der Waals surface area (Å²) in [7, 11) is 1.62. The van der Waals surface area contributed by atoms with Gasteiger partial charge in [-0.1, -0.05) is 25.6 Å². The highest BCUT2D eigenvalue weighted by Gasteiger charge is 1.97. The monoisotopic (exact) mass is 151 g/mol. The molecule has 0 saturated carbocycles. The molecule has 1 aromatic carbocycles. The van der Waals surface area contributed by atoms with Crippen LogP contribution in [0.3, 0.4) is 0 Å². The van der Waals surface area contributed by atoms with Crippen LogP contribution in [0.4, 0.5) is 0 Å². The number of benzene rings is 1. The highest BCUT2D eigenvalue weighted by Crippen LogP contribution is 1.96. The topological polar surface area (TPSA) is 29.1 Å². The summed E-state index contributed by atoms with van der Waals surface area (Å²) in [6.07, 6.45) is 0. The fraction of sp³-hybridized carbons (Fsp3) is 0.222. The maximum atomic E-state index is 10.9. The first-order chi connectivity index (χ1) is 4.84. The lowest BCUT2D eigenvalue weighted by Crippen LogP contribution is -2.17. The number of carbonyl (C=O) groups is 1. The summed E-state index contributed by atoms with van der Waals surface area (Å²) in [4.78, 5) is 10.9. The van der Waals surface area contributed by atoms with Crippen molar-refractivity contribution in [2.75, 3.05) is 7.05 Å². The lowest BCUT2D eigenvalue weighted by molar-refractivity contribution is 0.0963. The summed E-state index contributed by atoms with van der Waals surface area (Å²) in [6, 6.07) is 9.11. The summed E-state index contributed by atoms with van der Waals surface area (Å²) < 4.78 is 0. The van der Waals surface area contributed by atoms with Crippen LogP contribution in [-0.4, -0.2) is 13.0 Å². The van der Waals surface area contributed by atoms with Gasteiger partial charge >= 0.3 is 0 Å². The predicted octanol–water partition coefficient (Wildman–Crippen LogP) is 1.68. The van der Waals surface area contributed by atoms with E-state index in [1.54, 1.807) is 19.2 Å². The highest BCUT2D eigenvalue weighted by molar-refractivity contribution is 5.93. The Balaban J connectivity index is 0.000001000. The Morgan fingerprint density at radius 1 is 1.27 bits per heavy atom. The molecule has 11 heavy (non-hydrogen) atoms. The molecule has 0 fully saturated rings. The molecule has 0 unspecified atom stereocenters. The molecular weight excluding hydrogens is 138 g/mol. The zero-order valence-corrected chi connectivity index (χ0v) is 5.79. The van der Waals surface area contributed by atoms with Crippen LogP contribution in [-0.2, 0) is 0 Å². The van der Waals surface area contributed by atoms with E-state index in [0.29, 0.717) is 5.56 Å². The minimum Gasteiger partial charge on any atom is -0.355 e. The summed E-state index contributed by atoms with van der Waals surface area (Å²) in [5.74, 6) is -0.0411. The Morgan fingerprint density at radius 3 is 2.27 bits per heavy atom. The summed E-state index contributed by atoms with van der Waals surface area (Å²) >= 11 is 0. The van der Waals surface area contributed by atoms with Crippen LogP contribution in [0.5, 0.6) is 0 Å². The first-order valence-corrected chi connectivity index (χ1v) is 3.11. The van der Waals surface area contributed by atoms with Crippen LogP contribution in [0.2, 0.25) is 0 Å². The zero-order chi connectivity index (χ0) is 7.40. The van der Waals surface area contributed by atoms with Gasteiger partial charge in [0.1, 0.15) is 0 Å². The summed E-state index contributed by atoms with van der Waals surface area (Å²) in [6.45, 7) is 0. The number of amides is 1. The molecule has 1 aromatic rings. The van der Waals surface area contributed by atoms with Gasteiger partial charge in [0.2, 0.25) is 0 Å². The predicted molar refractivity (Wildman–Crippen MR) is 46.6 cm³/mol. The average molecular weight is 151 g/mol. The van der Waals surface area contributed by atoms with Gasteiger partial charge in [-0.3, -0.25) is 4.79 Å². The van der Waals surface area contributed by atoms with Gasteiger partial charge in [0, 0.05) is 12.6 Å². The highest BCUT2D eigenvalue weighted by atomic mass is 16.1. The van der Waals surface area contributed by atoms with E-state index >= 15 is 0 Å². The fourth-order valence-electron chi connectivity index (χ4n) is 0.734. The average Bonchev–Trinajstić information content (AvgIpc) is 2.05. The number of rotatable bonds is 1. The third-order valence-corrected chi connectivity index (χ3v) is 1.26. The van der Waals surface area contributed by atoms with Crippen molar-refractivity contribution in [2.45, 2.75) is 7.43 Å². The molecule has 0 aliphatic heterocycles. The van der Waals surface area contributed by atoms with Gasteiger partial charge in [0.15, 0.2) is 0 Å². The van der Waals surface area contributed by atoms with E-state index in [2.05, 4.69) is 5.32 Å². The standard InChI is InChI=1S/C8H9NO.CH4/c1-9-8(10)7-5-3-2-4-6-7;/h2-6H,1H3,(H,9,10);1H4. The largest absolute Gasteiger partial charge is 0.355 e. The first-order valence-electron chi connectivity index (χ1n) is 3.11. The Morgan fingerprint density at radius 2 is 1.82 bits per heavy atom. The van der Waals surface area contributed by atoms with Gasteiger partial charge in [0.05, 0.1) is 0 Å². The van der Waals surface area contributed by atoms with E-state index in [0.717, 1.165) is 0 Å². The van der Waals surface area contributed by atoms with Crippen LogP contribution < -0.4 is 5.32 Å². The van der Waals surface area contributed by atoms with Gasteiger partial charge < -0.3 is 5.32 Å². The molecule has 0 radical (unpaired) electrons. The molecule has 0 aromatic heterocycles. The third kappa shape index (κ3) is 2.42. The van der Waals surface area contributed by atoms with Crippen molar-refractivity contribution in [3.05, 3.63) is 35.9 Å². The van der Waals surface area contributed by atoms with E-state index < -0.39 is 0 Å². The smallest absolute Gasteiger partial charge is 0.251 e.